The third kappa shape index (κ3) is 3.57. The number of nitrogens with zero attached hydrogens (tertiary/aromatic N) is 2. The fourth-order valence-corrected chi connectivity index (χ4v) is 3.13. The third-order valence-corrected chi connectivity index (χ3v) is 4.85. The van der Waals surface area contributed by atoms with Gasteiger partial charge in [-0.3, -0.25) is 4.79 Å². The molecular weight excluding hydrogens is 374 g/mol. The number of carbonyl (C=O) groups is 1. The van der Waals surface area contributed by atoms with Crippen molar-refractivity contribution in [2.45, 2.75) is 13.8 Å². The first-order valence-corrected chi connectivity index (χ1v) is 9.16. The molecule has 0 aliphatic rings. The van der Waals surface area contributed by atoms with Crippen LogP contribution in [0.2, 0.25) is 5.02 Å². The van der Waals surface area contributed by atoms with Gasteiger partial charge in [0.25, 0.3) is 0 Å². The molecule has 6 heteroatoms. The first-order valence-electron chi connectivity index (χ1n) is 8.79. The largest absolute Gasteiger partial charge is 0.451 e. The van der Waals surface area contributed by atoms with Gasteiger partial charge in [-0.25, -0.2) is 5.43 Å². The van der Waals surface area contributed by atoms with E-state index in [1.807, 2.05) is 22.9 Å². The SMILES string of the molecule is Cc1ccc(-n2cccc2/C=N/NC(=O)c2cc3cc(Cl)ccc3o2)cc1C. The Morgan fingerprint density at radius 3 is 2.79 bits per heavy atom. The van der Waals surface area contributed by atoms with Crippen LogP contribution in [0.4, 0.5) is 0 Å². The van der Waals surface area contributed by atoms with Gasteiger partial charge in [-0.05, 0) is 73.5 Å². The van der Waals surface area contributed by atoms with E-state index in [9.17, 15) is 4.79 Å². The quantitative estimate of drug-likeness (QED) is 0.381. The number of aryl methyl sites for hydroxylation is 2. The van der Waals surface area contributed by atoms with E-state index in [1.54, 1.807) is 30.5 Å². The normalized spacial score (nSPS) is 11.4. The average molecular weight is 392 g/mol. The minimum absolute atomic E-state index is 0.180. The molecule has 0 spiro atoms. The van der Waals surface area contributed by atoms with Gasteiger partial charge in [0, 0.05) is 22.3 Å². The number of hydrogen-bond donors (Lipinski definition) is 1. The van der Waals surface area contributed by atoms with Crippen LogP contribution in [-0.2, 0) is 0 Å². The van der Waals surface area contributed by atoms with E-state index >= 15 is 0 Å². The van der Waals surface area contributed by atoms with Gasteiger partial charge in [-0.2, -0.15) is 5.10 Å². The summed E-state index contributed by atoms with van der Waals surface area (Å²) in [5.74, 6) is -0.244. The molecule has 140 valence electrons. The smallest absolute Gasteiger partial charge is 0.307 e. The molecule has 2 aromatic carbocycles. The molecule has 4 aromatic rings. The van der Waals surface area contributed by atoms with Crippen LogP contribution in [-0.4, -0.2) is 16.7 Å². The van der Waals surface area contributed by atoms with E-state index in [0.29, 0.717) is 10.6 Å². The van der Waals surface area contributed by atoms with Crippen LogP contribution >= 0.6 is 11.6 Å². The van der Waals surface area contributed by atoms with Gasteiger partial charge in [0.05, 0.1) is 11.9 Å². The predicted molar refractivity (Wildman–Crippen MR) is 112 cm³/mol. The summed E-state index contributed by atoms with van der Waals surface area (Å²) >= 11 is 5.96. The van der Waals surface area contributed by atoms with Crippen molar-refractivity contribution in [2.75, 3.05) is 0 Å². The van der Waals surface area contributed by atoms with E-state index in [4.69, 9.17) is 16.0 Å². The maximum atomic E-state index is 12.3. The lowest BCUT2D eigenvalue weighted by atomic mass is 10.1. The lowest BCUT2D eigenvalue weighted by Crippen LogP contribution is -2.17. The zero-order valence-electron chi connectivity index (χ0n) is 15.4. The highest BCUT2D eigenvalue weighted by Crippen LogP contribution is 2.23. The number of halogens is 1. The molecular formula is C22H18ClN3O2. The van der Waals surface area contributed by atoms with Crippen molar-refractivity contribution in [3.8, 4) is 5.69 Å². The van der Waals surface area contributed by atoms with E-state index in [-0.39, 0.29) is 5.76 Å². The summed E-state index contributed by atoms with van der Waals surface area (Å²) in [4.78, 5) is 12.3. The molecule has 1 N–H and O–H groups in total. The van der Waals surface area contributed by atoms with Crippen LogP contribution in [0.15, 0.2) is 70.3 Å². The summed E-state index contributed by atoms with van der Waals surface area (Å²) < 4.78 is 7.55. The van der Waals surface area contributed by atoms with Gasteiger partial charge in [0.1, 0.15) is 5.58 Å². The number of nitrogens with one attached hydrogen (secondary N) is 1. The standard InChI is InChI=1S/C22H18ClN3O2/c1-14-5-7-18(10-15(14)2)26-9-3-4-19(26)13-24-25-22(27)21-12-16-11-17(23)6-8-20(16)28-21/h3-13H,1-2H3,(H,25,27)/b24-13+. The average Bonchev–Trinajstić information content (AvgIpc) is 3.30. The first kappa shape index (κ1) is 18.1. The van der Waals surface area contributed by atoms with E-state index in [0.717, 1.165) is 16.8 Å². The second-order valence-electron chi connectivity index (χ2n) is 6.56. The second kappa shape index (κ2) is 7.37. The fourth-order valence-electron chi connectivity index (χ4n) is 2.95. The highest BCUT2D eigenvalue weighted by atomic mass is 35.5. The van der Waals surface area contributed by atoms with Gasteiger partial charge >= 0.3 is 5.91 Å². The van der Waals surface area contributed by atoms with Crippen molar-refractivity contribution < 1.29 is 9.21 Å². The molecule has 0 saturated carbocycles. The maximum Gasteiger partial charge on any atom is 0.307 e. The van der Waals surface area contributed by atoms with Gasteiger partial charge in [0.2, 0.25) is 0 Å². The molecule has 0 aliphatic heterocycles. The Hall–Kier alpha value is -3.31. The molecule has 0 aliphatic carbocycles. The molecule has 0 saturated heterocycles. The van der Waals surface area contributed by atoms with E-state index in [1.165, 1.54) is 11.1 Å². The molecule has 4 rings (SSSR count). The maximum absolute atomic E-state index is 12.3. The molecule has 2 heterocycles. The van der Waals surface area contributed by atoms with Crippen molar-refractivity contribution in [2.24, 2.45) is 5.10 Å². The number of aromatic nitrogens is 1. The van der Waals surface area contributed by atoms with Crippen LogP contribution in [0.25, 0.3) is 16.7 Å². The monoisotopic (exact) mass is 391 g/mol. The van der Waals surface area contributed by atoms with Crippen LogP contribution in [0.1, 0.15) is 27.4 Å². The zero-order valence-corrected chi connectivity index (χ0v) is 16.2. The van der Waals surface area contributed by atoms with Crippen LogP contribution in [0.3, 0.4) is 0 Å². The van der Waals surface area contributed by atoms with Crippen molar-refractivity contribution in [3.63, 3.8) is 0 Å². The molecule has 0 radical (unpaired) electrons. The molecule has 0 fully saturated rings. The Labute approximate surface area is 167 Å². The summed E-state index contributed by atoms with van der Waals surface area (Å²) in [7, 11) is 0. The van der Waals surface area contributed by atoms with Gasteiger partial charge in [0.15, 0.2) is 5.76 Å². The molecule has 0 atom stereocenters. The van der Waals surface area contributed by atoms with E-state index in [2.05, 4.69) is 42.6 Å². The molecule has 0 bridgehead atoms. The number of benzene rings is 2. The number of hydrazone groups is 1. The van der Waals surface area contributed by atoms with E-state index < -0.39 is 5.91 Å². The van der Waals surface area contributed by atoms with Crippen molar-refractivity contribution in [1.82, 2.24) is 9.99 Å². The molecule has 5 nitrogen and oxygen atoms in total. The van der Waals surface area contributed by atoms with Crippen molar-refractivity contribution >= 4 is 34.7 Å². The molecule has 1 amide bonds. The topological polar surface area (TPSA) is 59.5 Å². The number of carbonyl (C=O) groups excluding carboxylic acids is 1. The number of amides is 1. The minimum atomic E-state index is -0.423. The molecule has 2 aromatic heterocycles. The summed E-state index contributed by atoms with van der Waals surface area (Å²) in [5, 5.41) is 5.43. The molecule has 0 unspecified atom stereocenters. The highest BCUT2D eigenvalue weighted by molar-refractivity contribution is 6.31. The third-order valence-electron chi connectivity index (χ3n) is 4.61. The summed E-state index contributed by atoms with van der Waals surface area (Å²) in [6.45, 7) is 4.16. The van der Waals surface area contributed by atoms with Crippen LogP contribution in [0.5, 0.6) is 0 Å². The Bertz CT molecular complexity index is 1200. The number of fused-ring (bicyclic) bond motifs is 1. The fraction of sp³-hybridized carbons (Fsp3) is 0.0909. The summed E-state index contributed by atoms with van der Waals surface area (Å²) in [5.41, 5.74) is 7.44. The summed E-state index contributed by atoms with van der Waals surface area (Å²) in [6, 6.07) is 16.9. The zero-order chi connectivity index (χ0) is 19.7. The van der Waals surface area contributed by atoms with Crippen molar-refractivity contribution in [3.05, 3.63) is 88.4 Å². The Morgan fingerprint density at radius 2 is 1.96 bits per heavy atom. The molecule has 28 heavy (non-hydrogen) atoms. The number of furan rings is 1. The predicted octanol–water partition coefficient (Wildman–Crippen LogP) is 5.26. The second-order valence-corrected chi connectivity index (χ2v) is 7.00. The lowest BCUT2D eigenvalue weighted by Gasteiger charge is -2.08. The highest BCUT2D eigenvalue weighted by Gasteiger charge is 2.12. The Balaban J connectivity index is 1.51. The van der Waals surface area contributed by atoms with Crippen LogP contribution in [0, 0.1) is 13.8 Å². The lowest BCUT2D eigenvalue weighted by molar-refractivity contribution is 0.0929. The van der Waals surface area contributed by atoms with Crippen molar-refractivity contribution in [1.29, 1.82) is 0 Å². The minimum Gasteiger partial charge on any atom is -0.451 e. The summed E-state index contributed by atoms with van der Waals surface area (Å²) in [6.07, 6.45) is 3.56. The Morgan fingerprint density at radius 1 is 1.11 bits per heavy atom. The number of hydrogen-bond acceptors (Lipinski definition) is 3. The van der Waals surface area contributed by atoms with Gasteiger partial charge < -0.3 is 8.98 Å². The number of rotatable bonds is 4. The van der Waals surface area contributed by atoms with Gasteiger partial charge in [-0.15, -0.1) is 0 Å². The Kier molecular flexibility index (Phi) is 4.75. The van der Waals surface area contributed by atoms with Gasteiger partial charge in [-0.1, -0.05) is 17.7 Å². The van der Waals surface area contributed by atoms with Crippen LogP contribution < -0.4 is 5.43 Å². The first-order chi connectivity index (χ1) is 13.5.